The molecular formula is C35H41N5O2. The summed E-state index contributed by atoms with van der Waals surface area (Å²) in [7, 11) is 0. The van der Waals surface area contributed by atoms with Crippen LogP contribution in [0.15, 0.2) is 78.9 Å². The molecule has 0 bridgehead atoms. The number of imidazole rings is 2. The topological polar surface area (TPSA) is 67.0 Å². The number of pyridine rings is 1. The van der Waals surface area contributed by atoms with Crippen molar-refractivity contribution in [1.82, 2.24) is 24.1 Å². The first kappa shape index (κ1) is 29.1. The molecule has 0 radical (unpaired) electrons. The van der Waals surface area contributed by atoms with Gasteiger partial charge in [0.1, 0.15) is 22.9 Å². The SMILES string of the molecule is C/C=C/CCCOc1ccc2c(c1)nc(-c1cccc(-c3nc4cc(OCCC/C=C/C)ccc4n3CC)n1)n2CC. The van der Waals surface area contributed by atoms with Gasteiger partial charge >= 0.3 is 0 Å². The molecule has 5 rings (SSSR count). The van der Waals surface area contributed by atoms with Gasteiger partial charge in [-0.15, -0.1) is 0 Å². The van der Waals surface area contributed by atoms with Crippen LogP contribution < -0.4 is 9.47 Å². The fraction of sp³-hybridized carbons (Fsp3) is 0.343. The first-order valence-electron chi connectivity index (χ1n) is 15.1. The van der Waals surface area contributed by atoms with Gasteiger partial charge in [0, 0.05) is 25.2 Å². The third-order valence-electron chi connectivity index (χ3n) is 7.32. The molecule has 3 heterocycles. The number of rotatable bonds is 14. The molecule has 0 unspecified atom stereocenters. The van der Waals surface area contributed by atoms with Gasteiger partial charge in [0.05, 0.1) is 35.3 Å². The van der Waals surface area contributed by atoms with Gasteiger partial charge < -0.3 is 18.6 Å². The molecule has 7 heteroatoms. The molecule has 0 fully saturated rings. The van der Waals surface area contributed by atoms with Gasteiger partial charge in [-0.3, -0.25) is 0 Å². The number of aromatic nitrogens is 5. The maximum atomic E-state index is 6.00. The molecule has 3 aromatic heterocycles. The maximum Gasteiger partial charge on any atom is 0.159 e. The normalized spacial score (nSPS) is 11.9. The van der Waals surface area contributed by atoms with Crippen molar-refractivity contribution < 1.29 is 9.47 Å². The van der Waals surface area contributed by atoms with E-state index in [0.717, 1.165) is 95.4 Å². The van der Waals surface area contributed by atoms with E-state index in [2.05, 4.69) is 59.4 Å². The van der Waals surface area contributed by atoms with Crippen LogP contribution in [0.3, 0.4) is 0 Å². The first-order valence-corrected chi connectivity index (χ1v) is 15.1. The van der Waals surface area contributed by atoms with E-state index < -0.39 is 0 Å². The second-order valence-corrected chi connectivity index (χ2v) is 10.2. The van der Waals surface area contributed by atoms with Gasteiger partial charge in [-0.05, 0) is 89.8 Å². The number of hydrogen-bond acceptors (Lipinski definition) is 5. The highest BCUT2D eigenvalue weighted by atomic mass is 16.5. The third kappa shape index (κ3) is 6.40. The van der Waals surface area contributed by atoms with Crippen LogP contribution >= 0.6 is 0 Å². The number of fused-ring (bicyclic) bond motifs is 2. The molecule has 2 aromatic carbocycles. The molecule has 0 spiro atoms. The summed E-state index contributed by atoms with van der Waals surface area (Å²) in [5.41, 5.74) is 5.59. The van der Waals surface area contributed by atoms with Gasteiger partial charge in [0.2, 0.25) is 0 Å². The van der Waals surface area contributed by atoms with E-state index >= 15 is 0 Å². The van der Waals surface area contributed by atoms with E-state index in [1.807, 2.05) is 56.3 Å². The molecule has 0 saturated carbocycles. The molecule has 0 amide bonds. The number of unbranched alkanes of at least 4 members (excludes halogenated alkanes) is 2. The van der Waals surface area contributed by atoms with Crippen molar-refractivity contribution in [2.75, 3.05) is 13.2 Å². The van der Waals surface area contributed by atoms with Gasteiger partial charge in [-0.2, -0.15) is 0 Å². The molecule has 7 nitrogen and oxygen atoms in total. The zero-order valence-electron chi connectivity index (χ0n) is 25.2. The second-order valence-electron chi connectivity index (χ2n) is 10.2. The molecule has 218 valence electrons. The van der Waals surface area contributed by atoms with E-state index in [0.29, 0.717) is 13.2 Å². The molecule has 5 aromatic rings. The lowest BCUT2D eigenvalue weighted by atomic mass is 10.2. The summed E-state index contributed by atoms with van der Waals surface area (Å²) in [5, 5.41) is 0. The number of nitrogens with zero attached hydrogens (tertiary/aromatic N) is 5. The molecule has 0 aliphatic rings. The van der Waals surface area contributed by atoms with Crippen molar-refractivity contribution in [3.8, 4) is 34.5 Å². The van der Waals surface area contributed by atoms with Crippen LogP contribution in [0.1, 0.15) is 53.4 Å². The van der Waals surface area contributed by atoms with Gasteiger partial charge in [-0.1, -0.05) is 30.4 Å². The van der Waals surface area contributed by atoms with Crippen molar-refractivity contribution in [2.45, 2.75) is 66.5 Å². The molecule has 42 heavy (non-hydrogen) atoms. The van der Waals surface area contributed by atoms with E-state index in [4.69, 9.17) is 24.4 Å². The van der Waals surface area contributed by atoms with Gasteiger partial charge in [0.15, 0.2) is 11.6 Å². The Balaban J connectivity index is 1.42. The van der Waals surface area contributed by atoms with Gasteiger partial charge in [0.25, 0.3) is 0 Å². The van der Waals surface area contributed by atoms with Crippen LogP contribution in [-0.2, 0) is 13.1 Å². The predicted octanol–water partition coefficient (Wildman–Crippen LogP) is 8.63. The third-order valence-corrected chi connectivity index (χ3v) is 7.32. The Bertz CT molecular complexity index is 1570. The van der Waals surface area contributed by atoms with Crippen LogP contribution in [-0.4, -0.2) is 37.3 Å². The van der Waals surface area contributed by atoms with Crippen molar-refractivity contribution in [1.29, 1.82) is 0 Å². The summed E-state index contributed by atoms with van der Waals surface area (Å²) in [6, 6.07) is 18.4. The van der Waals surface area contributed by atoms with Crippen LogP contribution in [0.4, 0.5) is 0 Å². The molecule has 0 saturated heterocycles. The largest absolute Gasteiger partial charge is 0.494 e. The lowest BCUT2D eigenvalue weighted by molar-refractivity contribution is 0.312. The Kier molecular flexibility index (Phi) is 9.70. The lowest BCUT2D eigenvalue weighted by Gasteiger charge is -2.09. The average molecular weight is 564 g/mol. The quantitative estimate of drug-likeness (QED) is 0.0999. The Hall–Kier alpha value is -4.39. The molecule has 0 N–H and O–H groups in total. The van der Waals surface area contributed by atoms with Crippen LogP contribution in [0.25, 0.3) is 45.1 Å². The number of aryl methyl sites for hydroxylation is 2. The lowest BCUT2D eigenvalue weighted by Crippen LogP contribution is -2.02. The summed E-state index contributed by atoms with van der Waals surface area (Å²) >= 11 is 0. The van der Waals surface area contributed by atoms with E-state index in [-0.39, 0.29) is 0 Å². The van der Waals surface area contributed by atoms with Crippen molar-refractivity contribution in [2.24, 2.45) is 0 Å². The van der Waals surface area contributed by atoms with Crippen molar-refractivity contribution in [3.63, 3.8) is 0 Å². The minimum Gasteiger partial charge on any atom is -0.494 e. The molecule has 0 aliphatic carbocycles. The highest BCUT2D eigenvalue weighted by molar-refractivity contribution is 5.83. The second kappa shape index (κ2) is 14.0. The average Bonchev–Trinajstić information content (AvgIpc) is 3.58. The smallest absolute Gasteiger partial charge is 0.159 e. The molecular weight excluding hydrogens is 522 g/mol. The van der Waals surface area contributed by atoms with Crippen LogP contribution in [0.2, 0.25) is 0 Å². The number of hydrogen-bond donors (Lipinski definition) is 0. The minimum atomic E-state index is 0.684. The fourth-order valence-electron chi connectivity index (χ4n) is 5.23. The highest BCUT2D eigenvalue weighted by Gasteiger charge is 2.17. The number of ether oxygens (including phenoxy) is 2. The van der Waals surface area contributed by atoms with E-state index in [1.165, 1.54) is 0 Å². The van der Waals surface area contributed by atoms with E-state index in [1.54, 1.807) is 0 Å². The summed E-state index contributed by atoms with van der Waals surface area (Å²) in [5.74, 6) is 3.37. The van der Waals surface area contributed by atoms with Crippen molar-refractivity contribution in [3.05, 3.63) is 78.9 Å². The molecule has 0 atom stereocenters. The zero-order chi connectivity index (χ0) is 29.3. The maximum absolute atomic E-state index is 6.00. The fourth-order valence-corrected chi connectivity index (χ4v) is 5.23. The summed E-state index contributed by atoms with van der Waals surface area (Å²) in [6.45, 7) is 11.3. The Morgan fingerprint density at radius 1 is 0.643 bits per heavy atom. The highest BCUT2D eigenvalue weighted by Crippen LogP contribution is 2.30. The van der Waals surface area contributed by atoms with Crippen LogP contribution in [0.5, 0.6) is 11.5 Å². The van der Waals surface area contributed by atoms with Crippen molar-refractivity contribution >= 4 is 22.1 Å². The minimum absolute atomic E-state index is 0.684. The zero-order valence-corrected chi connectivity index (χ0v) is 25.2. The molecule has 0 aliphatic heterocycles. The Morgan fingerprint density at radius 3 is 1.55 bits per heavy atom. The Morgan fingerprint density at radius 2 is 1.12 bits per heavy atom. The predicted molar refractivity (Wildman–Crippen MR) is 172 cm³/mol. The van der Waals surface area contributed by atoms with E-state index in [9.17, 15) is 0 Å². The van der Waals surface area contributed by atoms with Gasteiger partial charge in [-0.25, -0.2) is 15.0 Å². The Labute approximate surface area is 248 Å². The monoisotopic (exact) mass is 563 g/mol. The number of allylic oxidation sites excluding steroid dienone is 4. The first-order chi connectivity index (χ1) is 20.7. The summed E-state index contributed by atoms with van der Waals surface area (Å²) < 4.78 is 16.4. The van der Waals surface area contributed by atoms with Crippen LogP contribution in [0, 0.1) is 0 Å². The number of benzene rings is 2. The summed E-state index contributed by atoms with van der Waals surface area (Å²) in [4.78, 5) is 15.1. The standard InChI is InChI=1S/C35H41N5O2/c1-5-9-11-13-22-41-26-18-20-32-30(24-26)37-34(39(32)7-3)28-16-15-17-29(36-28)35-38-31-25-27(42-23-14-12-10-6-2)19-21-33(31)40(35)8-4/h5-6,9-10,15-21,24-25H,7-8,11-14,22-23H2,1-4H3/b9-5+,10-6+. The summed E-state index contributed by atoms with van der Waals surface area (Å²) in [6.07, 6.45) is 12.5.